The minimum atomic E-state index is 0.510. The van der Waals surface area contributed by atoms with Gasteiger partial charge in [-0.25, -0.2) is 0 Å². The lowest BCUT2D eigenvalue weighted by molar-refractivity contribution is 0.296. The van der Waals surface area contributed by atoms with Crippen LogP contribution in [0.1, 0.15) is 52.5 Å². The fourth-order valence-electron chi connectivity index (χ4n) is 3.26. The number of nitrogens with one attached hydrogen (secondary N) is 1. The first kappa shape index (κ1) is 15.4. The van der Waals surface area contributed by atoms with Crippen molar-refractivity contribution in [3.63, 3.8) is 0 Å². The van der Waals surface area contributed by atoms with Crippen LogP contribution >= 0.6 is 0 Å². The second-order valence-electron chi connectivity index (χ2n) is 6.91. The molecule has 1 unspecified atom stereocenters. The Morgan fingerprint density at radius 3 is 2.60 bits per heavy atom. The quantitative estimate of drug-likeness (QED) is 0.820. The molecule has 0 aliphatic heterocycles. The molecule has 2 nitrogen and oxygen atoms in total. The van der Waals surface area contributed by atoms with Crippen molar-refractivity contribution < 1.29 is 0 Å². The van der Waals surface area contributed by atoms with Crippen molar-refractivity contribution in [2.75, 3.05) is 18.4 Å². The van der Waals surface area contributed by atoms with Crippen LogP contribution in [0.4, 0.5) is 5.69 Å². The van der Waals surface area contributed by atoms with E-state index in [-0.39, 0.29) is 0 Å². The molecule has 0 bridgehead atoms. The van der Waals surface area contributed by atoms with Gasteiger partial charge in [-0.1, -0.05) is 39.8 Å². The molecule has 0 aromatic heterocycles. The molecular formula is C18H30N2. The average molecular weight is 274 g/mol. The van der Waals surface area contributed by atoms with Crippen molar-refractivity contribution in [3.05, 3.63) is 29.8 Å². The van der Waals surface area contributed by atoms with Crippen molar-refractivity contribution in [2.45, 2.75) is 59.5 Å². The van der Waals surface area contributed by atoms with E-state index >= 15 is 0 Å². The topological polar surface area (TPSA) is 15.3 Å². The number of nitrogens with zero attached hydrogens (tertiary/aromatic N) is 1. The fraction of sp³-hybridized carbons (Fsp3) is 0.667. The van der Waals surface area contributed by atoms with Crippen LogP contribution in [0.3, 0.4) is 0 Å². The van der Waals surface area contributed by atoms with E-state index in [1.54, 1.807) is 0 Å². The van der Waals surface area contributed by atoms with Crippen molar-refractivity contribution in [2.24, 2.45) is 5.41 Å². The minimum absolute atomic E-state index is 0.510. The zero-order valence-corrected chi connectivity index (χ0v) is 13.6. The number of hydrogen-bond acceptors (Lipinski definition) is 2. The van der Waals surface area contributed by atoms with E-state index in [1.165, 1.54) is 30.5 Å². The highest BCUT2D eigenvalue weighted by atomic mass is 15.1. The predicted octanol–water partition coefficient (Wildman–Crippen LogP) is 4.52. The Morgan fingerprint density at radius 2 is 2.00 bits per heavy atom. The Kier molecular flexibility index (Phi) is 5.09. The predicted molar refractivity (Wildman–Crippen MR) is 88.1 cm³/mol. The number of anilines is 1. The SMILES string of the molecule is CCN(CC)Cc1cccc(NC2CCC(C)(C)C2)c1. The summed E-state index contributed by atoms with van der Waals surface area (Å²) in [5.74, 6) is 0. The fourth-order valence-corrected chi connectivity index (χ4v) is 3.26. The Hall–Kier alpha value is -1.02. The summed E-state index contributed by atoms with van der Waals surface area (Å²) in [5, 5.41) is 3.73. The second-order valence-corrected chi connectivity index (χ2v) is 6.91. The molecular weight excluding hydrogens is 244 g/mol. The average Bonchev–Trinajstić information content (AvgIpc) is 2.75. The maximum atomic E-state index is 3.73. The summed E-state index contributed by atoms with van der Waals surface area (Å²) in [4.78, 5) is 2.46. The van der Waals surface area contributed by atoms with Crippen LogP contribution in [0, 0.1) is 5.41 Å². The van der Waals surface area contributed by atoms with Gasteiger partial charge >= 0.3 is 0 Å². The van der Waals surface area contributed by atoms with Gasteiger partial charge in [-0.2, -0.15) is 0 Å². The molecule has 1 N–H and O–H groups in total. The summed E-state index contributed by atoms with van der Waals surface area (Å²) < 4.78 is 0. The standard InChI is InChI=1S/C18H30N2/c1-5-20(6-2)14-15-8-7-9-16(12-15)19-17-10-11-18(3,4)13-17/h7-9,12,17,19H,5-6,10-11,13-14H2,1-4H3. The molecule has 0 radical (unpaired) electrons. The molecule has 112 valence electrons. The Morgan fingerprint density at radius 1 is 1.25 bits per heavy atom. The first-order valence-electron chi connectivity index (χ1n) is 8.10. The number of rotatable bonds is 6. The van der Waals surface area contributed by atoms with E-state index in [4.69, 9.17) is 0 Å². The summed E-state index contributed by atoms with van der Waals surface area (Å²) >= 11 is 0. The van der Waals surface area contributed by atoms with E-state index in [9.17, 15) is 0 Å². The first-order chi connectivity index (χ1) is 9.52. The lowest BCUT2D eigenvalue weighted by Crippen LogP contribution is -2.22. The molecule has 1 saturated carbocycles. The van der Waals surface area contributed by atoms with Gasteiger partial charge < -0.3 is 5.32 Å². The molecule has 0 spiro atoms. The summed E-state index contributed by atoms with van der Waals surface area (Å²) in [6, 6.07) is 9.60. The van der Waals surface area contributed by atoms with Gasteiger partial charge in [0.1, 0.15) is 0 Å². The van der Waals surface area contributed by atoms with E-state index < -0.39 is 0 Å². The van der Waals surface area contributed by atoms with E-state index in [0.717, 1.165) is 19.6 Å². The van der Waals surface area contributed by atoms with Gasteiger partial charge in [0.15, 0.2) is 0 Å². The summed E-state index contributed by atoms with van der Waals surface area (Å²) in [5.41, 5.74) is 3.21. The van der Waals surface area contributed by atoms with Gasteiger partial charge in [-0.15, -0.1) is 0 Å². The molecule has 1 aromatic rings. The Bertz CT molecular complexity index is 421. The lowest BCUT2D eigenvalue weighted by Gasteiger charge is -2.20. The van der Waals surface area contributed by atoms with Crippen LogP contribution in [-0.2, 0) is 6.54 Å². The van der Waals surface area contributed by atoms with Gasteiger partial charge in [-0.3, -0.25) is 4.90 Å². The van der Waals surface area contributed by atoms with Crippen LogP contribution < -0.4 is 5.32 Å². The molecule has 0 saturated heterocycles. The highest BCUT2D eigenvalue weighted by Crippen LogP contribution is 2.38. The highest BCUT2D eigenvalue weighted by Gasteiger charge is 2.30. The number of benzene rings is 1. The van der Waals surface area contributed by atoms with Crippen molar-refractivity contribution in [1.29, 1.82) is 0 Å². The lowest BCUT2D eigenvalue weighted by atomic mass is 9.92. The van der Waals surface area contributed by atoms with Crippen molar-refractivity contribution in [3.8, 4) is 0 Å². The molecule has 0 heterocycles. The maximum Gasteiger partial charge on any atom is 0.0345 e. The molecule has 0 amide bonds. The zero-order chi connectivity index (χ0) is 14.6. The molecule has 1 aromatic carbocycles. The third-order valence-electron chi connectivity index (χ3n) is 4.57. The van der Waals surface area contributed by atoms with Gasteiger partial charge in [0.2, 0.25) is 0 Å². The van der Waals surface area contributed by atoms with Crippen LogP contribution in [-0.4, -0.2) is 24.0 Å². The second kappa shape index (κ2) is 6.62. The van der Waals surface area contributed by atoms with Gasteiger partial charge in [-0.05, 0) is 55.5 Å². The van der Waals surface area contributed by atoms with Gasteiger partial charge in [0.05, 0.1) is 0 Å². The van der Waals surface area contributed by atoms with E-state index in [2.05, 4.69) is 62.2 Å². The third-order valence-corrected chi connectivity index (χ3v) is 4.57. The first-order valence-corrected chi connectivity index (χ1v) is 8.10. The summed E-state index contributed by atoms with van der Waals surface area (Å²) in [6.45, 7) is 12.5. The van der Waals surface area contributed by atoms with Crippen LogP contribution in [0.25, 0.3) is 0 Å². The molecule has 20 heavy (non-hydrogen) atoms. The van der Waals surface area contributed by atoms with E-state index in [0.29, 0.717) is 11.5 Å². The number of hydrogen-bond donors (Lipinski definition) is 1. The maximum absolute atomic E-state index is 3.73. The molecule has 2 heteroatoms. The monoisotopic (exact) mass is 274 g/mol. The minimum Gasteiger partial charge on any atom is -0.382 e. The van der Waals surface area contributed by atoms with Crippen molar-refractivity contribution in [1.82, 2.24) is 4.90 Å². The summed E-state index contributed by atoms with van der Waals surface area (Å²) in [6.07, 6.45) is 3.92. The van der Waals surface area contributed by atoms with Crippen LogP contribution in [0.2, 0.25) is 0 Å². The molecule has 2 rings (SSSR count). The van der Waals surface area contributed by atoms with Crippen LogP contribution in [0.5, 0.6) is 0 Å². The Balaban J connectivity index is 1.96. The molecule has 1 atom stereocenters. The summed E-state index contributed by atoms with van der Waals surface area (Å²) in [7, 11) is 0. The van der Waals surface area contributed by atoms with Gasteiger partial charge in [0, 0.05) is 18.3 Å². The Labute approximate surface area is 124 Å². The largest absolute Gasteiger partial charge is 0.382 e. The molecule has 1 aliphatic rings. The van der Waals surface area contributed by atoms with Crippen molar-refractivity contribution >= 4 is 5.69 Å². The smallest absolute Gasteiger partial charge is 0.0345 e. The molecule has 1 aliphatic carbocycles. The highest BCUT2D eigenvalue weighted by molar-refractivity contribution is 5.46. The third kappa shape index (κ3) is 4.24. The van der Waals surface area contributed by atoms with E-state index in [1.807, 2.05) is 0 Å². The normalized spacial score (nSPS) is 21.4. The molecule has 1 fully saturated rings. The zero-order valence-electron chi connectivity index (χ0n) is 13.6. The van der Waals surface area contributed by atoms with Gasteiger partial charge in [0.25, 0.3) is 0 Å². The van der Waals surface area contributed by atoms with Crippen LogP contribution in [0.15, 0.2) is 24.3 Å².